The average molecular weight is 270 g/mol. The minimum atomic E-state index is -0.553. The summed E-state index contributed by atoms with van der Waals surface area (Å²) >= 11 is 0. The van der Waals surface area contributed by atoms with E-state index in [1.807, 2.05) is 18.7 Å². The molecule has 0 aromatic heterocycles. The Morgan fingerprint density at radius 3 is 2.11 bits per heavy atom. The van der Waals surface area contributed by atoms with Crippen LogP contribution in [0.5, 0.6) is 0 Å². The molecule has 0 aromatic rings. The molecule has 0 unspecified atom stereocenters. The van der Waals surface area contributed by atoms with Gasteiger partial charge in [0.05, 0.1) is 0 Å². The molecule has 5 heteroatoms. The first kappa shape index (κ1) is 15.8. The monoisotopic (exact) mass is 270 g/mol. The van der Waals surface area contributed by atoms with E-state index in [0.717, 1.165) is 25.9 Å². The highest BCUT2D eigenvalue weighted by atomic mass is 16.6. The quantitative estimate of drug-likeness (QED) is 0.855. The first-order valence-corrected chi connectivity index (χ1v) is 6.99. The van der Waals surface area contributed by atoms with Crippen LogP contribution < -0.4 is 5.32 Å². The molecule has 0 aliphatic carbocycles. The van der Waals surface area contributed by atoms with E-state index >= 15 is 0 Å². The molecule has 1 rings (SSSR count). The lowest BCUT2D eigenvalue weighted by molar-refractivity contribution is -0.133. The van der Waals surface area contributed by atoms with Gasteiger partial charge in [0.25, 0.3) is 0 Å². The number of rotatable bonds is 3. The van der Waals surface area contributed by atoms with Crippen molar-refractivity contribution in [3.63, 3.8) is 0 Å². The largest absolute Gasteiger partial charge is 0.444 e. The second-order valence-corrected chi connectivity index (χ2v) is 6.40. The highest BCUT2D eigenvalue weighted by Gasteiger charge is 2.31. The van der Waals surface area contributed by atoms with E-state index in [4.69, 9.17) is 4.74 Å². The number of alkyl carbamates (subject to hydrolysis) is 1. The molecule has 0 bridgehead atoms. The van der Waals surface area contributed by atoms with Crippen molar-refractivity contribution < 1.29 is 14.3 Å². The van der Waals surface area contributed by atoms with E-state index in [1.165, 1.54) is 0 Å². The summed E-state index contributed by atoms with van der Waals surface area (Å²) in [7, 11) is 0. The maximum atomic E-state index is 12.3. The zero-order valence-electron chi connectivity index (χ0n) is 12.7. The lowest BCUT2D eigenvalue weighted by Crippen LogP contribution is -2.51. The number of ether oxygens (including phenoxy) is 1. The summed E-state index contributed by atoms with van der Waals surface area (Å²) in [5.41, 5.74) is -0.553. The Labute approximate surface area is 115 Å². The number of carbonyl (C=O) groups is 2. The minimum Gasteiger partial charge on any atom is -0.444 e. The van der Waals surface area contributed by atoms with Crippen molar-refractivity contribution in [2.45, 2.75) is 59.1 Å². The van der Waals surface area contributed by atoms with Gasteiger partial charge < -0.3 is 15.0 Å². The molecule has 2 amide bonds. The molecule has 110 valence electrons. The molecule has 1 fully saturated rings. The standard InChI is InChI=1S/C14H26N2O3/c1-10(2)11(12(17)16-8-6-7-9-16)15-13(18)19-14(3,4)5/h10-11H,6-9H2,1-5H3,(H,15,18)/t11-/m0/s1. The Bertz CT molecular complexity index is 328. The lowest BCUT2D eigenvalue weighted by atomic mass is 10.0. The number of hydrogen-bond donors (Lipinski definition) is 1. The van der Waals surface area contributed by atoms with Crippen LogP contribution in [0.4, 0.5) is 4.79 Å². The van der Waals surface area contributed by atoms with E-state index in [-0.39, 0.29) is 11.8 Å². The highest BCUT2D eigenvalue weighted by Crippen LogP contribution is 2.14. The van der Waals surface area contributed by atoms with Crippen LogP contribution in [0, 0.1) is 5.92 Å². The van der Waals surface area contributed by atoms with Crippen LogP contribution in [0.1, 0.15) is 47.5 Å². The molecule has 1 saturated heterocycles. The zero-order valence-corrected chi connectivity index (χ0v) is 12.7. The number of hydrogen-bond acceptors (Lipinski definition) is 3. The summed E-state index contributed by atoms with van der Waals surface area (Å²) < 4.78 is 5.21. The molecule has 1 heterocycles. The first-order valence-electron chi connectivity index (χ1n) is 6.99. The van der Waals surface area contributed by atoms with Crippen molar-refractivity contribution in [3.8, 4) is 0 Å². The molecule has 1 aliphatic heterocycles. The highest BCUT2D eigenvalue weighted by molar-refractivity contribution is 5.86. The van der Waals surface area contributed by atoms with Crippen LogP contribution in [-0.4, -0.2) is 41.6 Å². The maximum Gasteiger partial charge on any atom is 0.408 e. The van der Waals surface area contributed by atoms with Crippen LogP contribution >= 0.6 is 0 Å². The number of carbonyl (C=O) groups excluding carboxylic acids is 2. The van der Waals surface area contributed by atoms with Crippen LogP contribution in [0.3, 0.4) is 0 Å². The van der Waals surface area contributed by atoms with Gasteiger partial charge in [0.15, 0.2) is 0 Å². The number of nitrogens with one attached hydrogen (secondary N) is 1. The fourth-order valence-electron chi connectivity index (χ4n) is 2.08. The smallest absolute Gasteiger partial charge is 0.408 e. The summed E-state index contributed by atoms with van der Waals surface area (Å²) in [5, 5.41) is 2.70. The van der Waals surface area contributed by atoms with Crippen LogP contribution in [0.2, 0.25) is 0 Å². The maximum absolute atomic E-state index is 12.3. The SMILES string of the molecule is CC(C)[C@H](NC(=O)OC(C)(C)C)C(=O)N1CCCC1. The van der Waals surface area contributed by atoms with Gasteiger partial charge in [-0.2, -0.15) is 0 Å². The summed E-state index contributed by atoms with van der Waals surface area (Å²) in [6.07, 6.45) is 1.56. The van der Waals surface area contributed by atoms with Gasteiger partial charge in [0, 0.05) is 13.1 Å². The van der Waals surface area contributed by atoms with Crippen molar-refractivity contribution >= 4 is 12.0 Å². The van der Waals surface area contributed by atoms with Crippen LogP contribution in [0.15, 0.2) is 0 Å². The van der Waals surface area contributed by atoms with Gasteiger partial charge in [0.2, 0.25) is 5.91 Å². The van der Waals surface area contributed by atoms with Crippen molar-refractivity contribution in [2.24, 2.45) is 5.92 Å². The molecule has 1 atom stereocenters. The molecule has 5 nitrogen and oxygen atoms in total. The van der Waals surface area contributed by atoms with Gasteiger partial charge >= 0.3 is 6.09 Å². The molecule has 1 N–H and O–H groups in total. The molecular weight excluding hydrogens is 244 g/mol. The summed E-state index contributed by atoms with van der Waals surface area (Å²) in [4.78, 5) is 26.0. The Hall–Kier alpha value is -1.26. The van der Waals surface area contributed by atoms with Gasteiger partial charge in [-0.25, -0.2) is 4.79 Å². The van der Waals surface area contributed by atoms with Crippen molar-refractivity contribution in [2.75, 3.05) is 13.1 Å². The normalized spacial score (nSPS) is 17.5. The van der Waals surface area contributed by atoms with Crippen molar-refractivity contribution in [1.29, 1.82) is 0 Å². The molecule has 0 saturated carbocycles. The molecule has 0 radical (unpaired) electrons. The Balaban J connectivity index is 2.62. The van der Waals surface area contributed by atoms with Crippen LogP contribution in [0.25, 0.3) is 0 Å². The minimum absolute atomic E-state index is 0.00152. The topological polar surface area (TPSA) is 58.6 Å². The Kier molecular flexibility index (Phi) is 5.20. The van der Waals surface area contributed by atoms with Gasteiger partial charge in [0.1, 0.15) is 11.6 Å². The zero-order chi connectivity index (χ0) is 14.6. The predicted octanol–water partition coefficient (Wildman–Crippen LogP) is 2.16. The van der Waals surface area contributed by atoms with E-state index in [1.54, 1.807) is 20.8 Å². The van der Waals surface area contributed by atoms with Crippen molar-refractivity contribution in [3.05, 3.63) is 0 Å². The van der Waals surface area contributed by atoms with Crippen molar-refractivity contribution in [1.82, 2.24) is 10.2 Å². The number of likely N-dealkylation sites (tertiary alicyclic amines) is 1. The number of nitrogens with zero attached hydrogens (tertiary/aromatic N) is 1. The van der Waals surface area contributed by atoms with E-state index in [2.05, 4.69) is 5.32 Å². The first-order chi connectivity index (χ1) is 8.70. The van der Waals surface area contributed by atoms with Crippen LogP contribution in [-0.2, 0) is 9.53 Å². The Morgan fingerprint density at radius 2 is 1.68 bits per heavy atom. The fourth-order valence-corrected chi connectivity index (χ4v) is 2.08. The van der Waals surface area contributed by atoms with Gasteiger partial charge in [-0.3, -0.25) is 4.79 Å². The molecule has 0 spiro atoms. The fraction of sp³-hybridized carbons (Fsp3) is 0.857. The van der Waals surface area contributed by atoms with Gasteiger partial charge in [-0.15, -0.1) is 0 Å². The Morgan fingerprint density at radius 1 is 1.16 bits per heavy atom. The summed E-state index contributed by atoms with van der Waals surface area (Å²) in [6.45, 7) is 10.8. The lowest BCUT2D eigenvalue weighted by Gasteiger charge is -2.28. The summed E-state index contributed by atoms with van der Waals surface area (Å²) in [6, 6.07) is -0.507. The molecule has 0 aromatic carbocycles. The second-order valence-electron chi connectivity index (χ2n) is 6.40. The number of amides is 2. The molecule has 1 aliphatic rings. The molecular formula is C14H26N2O3. The molecule has 19 heavy (non-hydrogen) atoms. The summed E-state index contributed by atoms with van der Waals surface area (Å²) in [5.74, 6) is 0.0407. The third-order valence-electron chi connectivity index (χ3n) is 3.02. The van der Waals surface area contributed by atoms with E-state index in [0.29, 0.717) is 0 Å². The predicted molar refractivity (Wildman–Crippen MR) is 73.8 cm³/mol. The van der Waals surface area contributed by atoms with E-state index in [9.17, 15) is 9.59 Å². The third kappa shape index (κ3) is 5.09. The van der Waals surface area contributed by atoms with Gasteiger partial charge in [-0.05, 0) is 39.5 Å². The third-order valence-corrected chi connectivity index (χ3v) is 3.02. The van der Waals surface area contributed by atoms with E-state index < -0.39 is 17.7 Å². The average Bonchev–Trinajstić information content (AvgIpc) is 2.75. The second kappa shape index (κ2) is 6.26. The van der Waals surface area contributed by atoms with Gasteiger partial charge in [-0.1, -0.05) is 13.8 Å².